The Morgan fingerprint density at radius 3 is 2.30 bits per heavy atom. The highest BCUT2D eigenvalue weighted by molar-refractivity contribution is 5.85. The van der Waals surface area contributed by atoms with Crippen molar-refractivity contribution in [1.82, 2.24) is 5.48 Å². The lowest BCUT2D eigenvalue weighted by atomic mass is 9.92. The fourth-order valence-electron chi connectivity index (χ4n) is 1.32. The predicted octanol–water partition coefficient (Wildman–Crippen LogP) is 0.657. The summed E-state index contributed by atoms with van der Waals surface area (Å²) >= 11 is 0. The van der Waals surface area contributed by atoms with Gasteiger partial charge < -0.3 is 10.9 Å². The van der Waals surface area contributed by atoms with Crippen molar-refractivity contribution in [3.05, 3.63) is 0 Å². The monoisotopic (exact) mass is 166 g/mol. The first-order valence-corrected chi connectivity index (χ1v) is 3.50. The molecule has 0 aromatic heterocycles. The highest BCUT2D eigenvalue weighted by Gasteiger charge is 2.19. The van der Waals surface area contributed by atoms with E-state index in [1.54, 1.807) is 0 Å². The number of hydrogen-bond donors (Lipinski definition) is 3. The van der Waals surface area contributed by atoms with Gasteiger partial charge in [-0.25, -0.2) is 5.48 Å². The quantitative estimate of drug-likeness (QED) is 0.502. The Kier molecular flexibility index (Phi) is 4.99. The fraction of sp³-hybridized carbons (Fsp3) is 1.00. The molecule has 3 nitrogen and oxygen atoms in total. The molecule has 0 amide bonds. The number of hydrogen-bond acceptors (Lipinski definition) is 3. The van der Waals surface area contributed by atoms with Gasteiger partial charge in [-0.2, -0.15) is 0 Å². The minimum atomic E-state index is 0. The Bertz CT molecular complexity index is 91.8. The van der Waals surface area contributed by atoms with Crippen LogP contribution in [0.5, 0.6) is 0 Å². The van der Waals surface area contributed by atoms with Gasteiger partial charge in [-0.3, -0.25) is 0 Å². The van der Waals surface area contributed by atoms with Crippen LogP contribution in [0.4, 0.5) is 0 Å². The summed E-state index contributed by atoms with van der Waals surface area (Å²) < 4.78 is 0. The van der Waals surface area contributed by atoms with Gasteiger partial charge in [-0.05, 0) is 12.8 Å². The molecule has 0 spiro atoms. The zero-order chi connectivity index (χ0) is 6.69. The van der Waals surface area contributed by atoms with E-state index in [0.29, 0.717) is 0 Å². The maximum absolute atomic E-state index is 8.53. The summed E-state index contributed by atoms with van der Waals surface area (Å²) in [7, 11) is 0. The lowest BCUT2D eigenvalue weighted by Gasteiger charge is -2.26. The van der Waals surface area contributed by atoms with E-state index in [-0.39, 0.29) is 24.5 Å². The Hall–Kier alpha value is 0.170. The third-order valence-electron chi connectivity index (χ3n) is 1.99. The molecular weight excluding hydrogens is 152 g/mol. The van der Waals surface area contributed by atoms with Gasteiger partial charge in [-0.15, -0.1) is 12.4 Å². The van der Waals surface area contributed by atoms with Crippen LogP contribution < -0.4 is 11.2 Å². The lowest BCUT2D eigenvalue weighted by molar-refractivity contribution is 0.0966. The minimum Gasteiger partial charge on any atom is -0.326 e. The van der Waals surface area contributed by atoms with Gasteiger partial charge in [0.2, 0.25) is 0 Å². The van der Waals surface area contributed by atoms with Crippen molar-refractivity contribution in [2.45, 2.75) is 37.8 Å². The van der Waals surface area contributed by atoms with Gasteiger partial charge in [0.15, 0.2) is 0 Å². The Morgan fingerprint density at radius 1 is 1.30 bits per heavy atom. The van der Waals surface area contributed by atoms with Crippen LogP contribution in [-0.2, 0) is 0 Å². The zero-order valence-electron chi connectivity index (χ0n) is 5.92. The Balaban J connectivity index is 0.000000810. The van der Waals surface area contributed by atoms with Crippen LogP contribution in [0.15, 0.2) is 0 Å². The van der Waals surface area contributed by atoms with E-state index < -0.39 is 0 Å². The van der Waals surface area contributed by atoms with E-state index in [0.717, 1.165) is 12.8 Å². The number of hydroxylamine groups is 1. The summed E-state index contributed by atoms with van der Waals surface area (Å²) in [6.07, 6.45) is 4.45. The summed E-state index contributed by atoms with van der Waals surface area (Å²) in [6.45, 7) is 0. The van der Waals surface area contributed by atoms with Crippen LogP contribution in [0.2, 0.25) is 0 Å². The molecule has 1 aliphatic rings. The lowest BCUT2D eigenvalue weighted by Crippen LogP contribution is -2.45. The summed E-state index contributed by atoms with van der Waals surface area (Å²) in [5.74, 6) is 0. The number of nitrogens with two attached hydrogens (primary N) is 1. The second kappa shape index (κ2) is 4.91. The summed E-state index contributed by atoms with van der Waals surface area (Å²) in [5.41, 5.74) is 7.90. The average molecular weight is 167 g/mol. The van der Waals surface area contributed by atoms with Crippen LogP contribution in [0.1, 0.15) is 25.7 Å². The summed E-state index contributed by atoms with van der Waals surface area (Å²) in [4.78, 5) is 0. The zero-order valence-corrected chi connectivity index (χ0v) is 6.73. The molecule has 10 heavy (non-hydrogen) atoms. The highest BCUT2D eigenvalue weighted by atomic mass is 35.5. The maximum Gasteiger partial charge on any atom is 0.0470 e. The molecule has 0 radical (unpaired) electrons. The molecule has 4 N–H and O–H groups in total. The molecule has 0 heterocycles. The largest absolute Gasteiger partial charge is 0.326 e. The Labute approximate surface area is 67.3 Å². The normalized spacial score (nSPS) is 33.0. The third-order valence-corrected chi connectivity index (χ3v) is 1.99. The highest BCUT2D eigenvalue weighted by Crippen LogP contribution is 2.15. The SMILES string of the molecule is Cl.N[C@H]1CCCC[C@H]1NO. The van der Waals surface area contributed by atoms with Gasteiger partial charge in [0.25, 0.3) is 0 Å². The van der Waals surface area contributed by atoms with Crippen molar-refractivity contribution in [2.24, 2.45) is 5.73 Å². The predicted molar refractivity (Wildman–Crippen MR) is 42.4 cm³/mol. The van der Waals surface area contributed by atoms with Crippen LogP contribution in [-0.4, -0.2) is 17.3 Å². The standard InChI is InChI=1S/C6H14N2O.ClH/c7-5-3-1-2-4-6(5)8-9;/h5-6,8-9H,1-4,7H2;1H/t5-,6+;/m0./s1. The average Bonchev–Trinajstić information content (AvgIpc) is 1.89. The summed E-state index contributed by atoms with van der Waals surface area (Å²) in [6, 6.07) is 0.294. The van der Waals surface area contributed by atoms with Crippen molar-refractivity contribution in [2.75, 3.05) is 0 Å². The molecule has 1 saturated carbocycles. The third kappa shape index (κ3) is 2.42. The van der Waals surface area contributed by atoms with Crippen molar-refractivity contribution in [1.29, 1.82) is 0 Å². The molecule has 0 saturated heterocycles. The van der Waals surface area contributed by atoms with Crippen LogP contribution >= 0.6 is 12.4 Å². The van der Waals surface area contributed by atoms with E-state index in [1.807, 2.05) is 0 Å². The first kappa shape index (κ1) is 10.2. The van der Waals surface area contributed by atoms with E-state index >= 15 is 0 Å². The van der Waals surface area contributed by atoms with E-state index in [1.165, 1.54) is 12.8 Å². The van der Waals surface area contributed by atoms with Crippen molar-refractivity contribution >= 4 is 12.4 Å². The van der Waals surface area contributed by atoms with Gasteiger partial charge in [0.05, 0.1) is 0 Å². The van der Waals surface area contributed by atoms with E-state index in [2.05, 4.69) is 5.48 Å². The first-order valence-electron chi connectivity index (χ1n) is 3.50. The Morgan fingerprint density at radius 2 is 1.90 bits per heavy atom. The topological polar surface area (TPSA) is 58.3 Å². The summed E-state index contributed by atoms with van der Waals surface area (Å²) in [5, 5.41) is 8.53. The fourth-order valence-corrected chi connectivity index (χ4v) is 1.32. The smallest absolute Gasteiger partial charge is 0.0470 e. The second-order valence-electron chi connectivity index (χ2n) is 2.68. The molecule has 0 aliphatic heterocycles. The molecule has 4 heteroatoms. The maximum atomic E-state index is 8.53. The molecule has 0 unspecified atom stereocenters. The van der Waals surface area contributed by atoms with Crippen LogP contribution in [0.25, 0.3) is 0 Å². The number of halogens is 1. The molecule has 0 aromatic rings. The minimum absolute atomic E-state index is 0. The second-order valence-corrected chi connectivity index (χ2v) is 2.68. The molecule has 1 fully saturated rings. The van der Waals surface area contributed by atoms with Gasteiger partial charge in [-0.1, -0.05) is 12.8 Å². The molecule has 0 bridgehead atoms. The van der Waals surface area contributed by atoms with Gasteiger partial charge in [0, 0.05) is 12.1 Å². The van der Waals surface area contributed by atoms with E-state index in [9.17, 15) is 0 Å². The molecule has 62 valence electrons. The van der Waals surface area contributed by atoms with Crippen molar-refractivity contribution in [3.8, 4) is 0 Å². The molecule has 0 aromatic carbocycles. The van der Waals surface area contributed by atoms with E-state index in [4.69, 9.17) is 10.9 Å². The molecule has 2 atom stereocenters. The first-order chi connectivity index (χ1) is 4.34. The number of rotatable bonds is 1. The number of nitrogens with one attached hydrogen (secondary N) is 1. The van der Waals surface area contributed by atoms with Gasteiger partial charge in [0.1, 0.15) is 0 Å². The van der Waals surface area contributed by atoms with Gasteiger partial charge >= 0.3 is 0 Å². The molecular formula is C6H15ClN2O. The molecule has 1 rings (SSSR count). The van der Waals surface area contributed by atoms with Crippen LogP contribution in [0, 0.1) is 0 Å². The van der Waals surface area contributed by atoms with Crippen molar-refractivity contribution in [3.63, 3.8) is 0 Å². The molecule has 1 aliphatic carbocycles. The van der Waals surface area contributed by atoms with Crippen molar-refractivity contribution < 1.29 is 5.21 Å². The van der Waals surface area contributed by atoms with Crippen LogP contribution in [0.3, 0.4) is 0 Å².